The molecule has 0 saturated heterocycles. The summed E-state index contributed by atoms with van der Waals surface area (Å²) in [6.07, 6.45) is 1.44. The fourth-order valence-electron chi connectivity index (χ4n) is 1.80. The fourth-order valence-corrected chi connectivity index (χ4v) is 2.51. The molecular formula is C13H14IN3O. The summed E-state index contributed by atoms with van der Waals surface area (Å²) >= 11 is 2.02. The van der Waals surface area contributed by atoms with E-state index in [4.69, 9.17) is 0 Å². The Labute approximate surface area is 119 Å². The maximum atomic E-state index is 11.5. The van der Waals surface area contributed by atoms with E-state index in [1.165, 1.54) is 17.5 Å². The minimum Gasteiger partial charge on any atom is -0.354 e. The van der Waals surface area contributed by atoms with E-state index in [0.717, 1.165) is 6.54 Å². The lowest BCUT2D eigenvalue weighted by molar-refractivity contribution is 0.879. The summed E-state index contributed by atoms with van der Waals surface area (Å²) in [6.45, 7) is 2.80. The van der Waals surface area contributed by atoms with Crippen LogP contribution in [0, 0.1) is 10.5 Å². The Morgan fingerprint density at radius 2 is 2.22 bits per heavy atom. The normalized spacial score (nSPS) is 10.4. The lowest BCUT2D eigenvalue weighted by Crippen LogP contribution is -2.23. The average Bonchev–Trinajstić information content (AvgIpc) is 2.32. The molecule has 1 N–H and O–H groups in total. The first kappa shape index (κ1) is 13.1. The van der Waals surface area contributed by atoms with Gasteiger partial charge in [-0.25, -0.2) is 4.98 Å². The Bertz CT molecular complexity index is 609. The molecule has 0 aliphatic rings. The van der Waals surface area contributed by atoms with E-state index in [2.05, 4.69) is 35.1 Å². The highest BCUT2D eigenvalue weighted by atomic mass is 127. The van der Waals surface area contributed by atoms with Crippen molar-refractivity contribution in [1.82, 2.24) is 9.97 Å². The van der Waals surface area contributed by atoms with Gasteiger partial charge in [-0.2, -0.15) is 0 Å². The highest BCUT2D eigenvalue weighted by Crippen LogP contribution is 2.16. The second-order valence-corrected chi connectivity index (χ2v) is 5.29. The number of rotatable bonds is 3. The molecule has 4 nitrogen and oxygen atoms in total. The smallest absolute Gasteiger partial charge is 0.266 e. The lowest BCUT2D eigenvalue weighted by atomic mass is 10.1. The molecule has 0 fully saturated rings. The molecule has 0 radical (unpaired) electrons. The van der Waals surface area contributed by atoms with Gasteiger partial charge in [-0.05, 0) is 35.1 Å². The molecular weight excluding hydrogens is 341 g/mol. The van der Waals surface area contributed by atoms with Crippen molar-refractivity contribution in [2.45, 2.75) is 13.5 Å². The minimum absolute atomic E-state index is 0.100. The molecule has 18 heavy (non-hydrogen) atoms. The SMILES string of the molecule is Cc1cccc(CN(C)c2nc[nH]c(=O)c2I)c1. The number of H-pyrrole nitrogens is 1. The number of nitrogens with one attached hydrogen (secondary N) is 1. The van der Waals surface area contributed by atoms with E-state index in [9.17, 15) is 4.79 Å². The summed E-state index contributed by atoms with van der Waals surface area (Å²) in [5.74, 6) is 0.709. The van der Waals surface area contributed by atoms with Gasteiger partial charge in [-0.3, -0.25) is 4.79 Å². The Hall–Kier alpha value is -1.37. The van der Waals surface area contributed by atoms with Gasteiger partial charge >= 0.3 is 0 Å². The number of nitrogens with zero attached hydrogens (tertiary/aromatic N) is 2. The number of halogens is 1. The van der Waals surface area contributed by atoms with Crippen LogP contribution in [0.1, 0.15) is 11.1 Å². The van der Waals surface area contributed by atoms with Crippen LogP contribution in [0.5, 0.6) is 0 Å². The first-order chi connectivity index (χ1) is 8.58. The number of hydrogen-bond acceptors (Lipinski definition) is 3. The Balaban J connectivity index is 2.25. The Morgan fingerprint density at radius 3 is 2.94 bits per heavy atom. The van der Waals surface area contributed by atoms with Crippen LogP contribution in [-0.4, -0.2) is 17.0 Å². The van der Waals surface area contributed by atoms with E-state index >= 15 is 0 Å². The van der Waals surface area contributed by atoms with Gasteiger partial charge in [0.25, 0.3) is 5.56 Å². The topological polar surface area (TPSA) is 49.0 Å². The fraction of sp³-hybridized carbons (Fsp3) is 0.231. The van der Waals surface area contributed by atoms with Gasteiger partial charge in [-0.15, -0.1) is 0 Å². The van der Waals surface area contributed by atoms with Crippen LogP contribution in [0.15, 0.2) is 35.4 Å². The van der Waals surface area contributed by atoms with Crippen molar-refractivity contribution in [3.63, 3.8) is 0 Å². The molecule has 2 aromatic rings. The summed E-state index contributed by atoms with van der Waals surface area (Å²) < 4.78 is 0.616. The van der Waals surface area contributed by atoms with Crippen LogP contribution in [0.2, 0.25) is 0 Å². The van der Waals surface area contributed by atoms with Crippen molar-refractivity contribution in [1.29, 1.82) is 0 Å². The second kappa shape index (κ2) is 5.51. The summed E-state index contributed by atoms with van der Waals surface area (Å²) in [7, 11) is 1.94. The minimum atomic E-state index is -0.100. The molecule has 0 amide bonds. The van der Waals surface area contributed by atoms with Crippen LogP contribution in [0.25, 0.3) is 0 Å². The number of aromatic amines is 1. The first-order valence-corrected chi connectivity index (χ1v) is 6.65. The van der Waals surface area contributed by atoms with Gasteiger partial charge in [0.05, 0.1) is 6.33 Å². The van der Waals surface area contributed by atoms with E-state index in [-0.39, 0.29) is 5.56 Å². The van der Waals surface area contributed by atoms with Gasteiger partial charge in [0.15, 0.2) is 0 Å². The summed E-state index contributed by atoms with van der Waals surface area (Å²) in [5.41, 5.74) is 2.33. The first-order valence-electron chi connectivity index (χ1n) is 5.58. The highest BCUT2D eigenvalue weighted by molar-refractivity contribution is 14.1. The number of benzene rings is 1. The predicted molar refractivity (Wildman–Crippen MR) is 80.9 cm³/mol. The van der Waals surface area contributed by atoms with Crippen molar-refractivity contribution in [3.05, 3.63) is 55.6 Å². The summed E-state index contributed by atoms with van der Waals surface area (Å²) in [6, 6.07) is 8.31. The maximum Gasteiger partial charge on any atom is 0.266 e. The molecule has 0 bridgehead atoms. The molecule has 5 heteroatoms. The lowest BCUT2D eigenvalue weighted by Gasteiger charge is -2.19. The van der Waals surface area contributed by atoms with Gasteiger partial charge in [0.2, 0.25) is 0 Å². The molecule has 0 unspecified atom stereocenters. The zero-order valence-electron chi connectivity index (χ0n) is 10.3. The second-order valence-electron chi connectivity index (χ2n) is 4.21. The van der Waals surface area contributed by atoms with Crippen LogP contribution >= 0.6 is 22.6 Å². The molecule has 2 rings (SSSR count). The molecule has 0 aliphatic heterocycles. The average molecular weight is 355 g/mol. The van der Waals surface area contributed by atoms with Gasteiger partial charge in [0.1, 0.15) is 9.39 Å². The van der Waals surface area contributed by atoms with Gasteiger partial charge < -0.3 is 9.88 Å². The molecule has 1 aromatic heterocycles. The summed E-state index contributed by atoms with van der Waals surface area (Å²) in [4.78, 5) is 20.3. The Kier molecular flexibility index (Phi) is 4.00. The predicted octanol–water partition coefficient (Wildman–Crippen LogP) is 2.32. The number of hydrogen-bond donors (Lipinski definition) is 1. The highest BCUT2D eigenvalue weighted by Gasteiger charge is 2.10. The van der Waals surface area contributed by atoms with Crippen LogP contribution < -0.4 is 10.5 Å². The third kappa shape index (κ3) is 2.90. The van der Waals surface area contributed by atoms with Crippen LogP contribution in [0.3, 0.4) is 0 Å². The monoisotopic (exact) mass is 355 g/mol. The van der Waals surface area contributed by atoms with Crippen molar-refractivity contribution in [2.24, 2.45) is 0 Å². The largest absolute Gasteiger partial charge is 0.354 e. The quantitative estimate of drug-likeness (QED) is 0.860. The van der Waals surface area contributed by atoms with Gasteiger partial charge in [0, 0.05) is 13.6 Å². The molecule has 1 aromatic carbocycles. The van der Waals surface area contributed by atoms with E-state index in [1.807, 2.05) is 40.6 Å². The number of aromatic nitrogens is 2. The standard InChI is InChI=1S/C13H14IN3O/c1-9-4-3-5-10(6-9)7-17(2)12-11(14)13(18)16-8-15-12/h3-6,8H,7H2,1-2H3,(H,15,16,18). The molecule has 94 valence electrons. The van der Waals surface area contributed by atoms with Crippen molar-refractivity contribution >= 4 is 28.4 Å². The molecule has 1 heterocycles. The number of anilines is 1. The van der Waals surface area contributed by atoms with Crippen molar-refractivity contribution in [2.75, 3.05) is 11.9 Å². The van der Waals surface area contributed by atoms with Crippen molar-refractivity contribution in [3.8, 4) is 0 Å². The Morgan fingerprint density at radius 1 is 1.44 bits per heavy atom. The van der Waals surface area contributed by atoms with Crippen molar-refractivity contribution < 1.29 is 0 Å². The van der Waals surface area contributed by atoms with Crippen LogP contribution in [0.4, 0.5) is 5.82 Å². The van der Waals surface area contributed by atoms with E-state index in [1.54, 1.807) is 0 Å². The third-order valence-corrected chi connectivity index (χ3v) is 3.61. The zero-order valence-corrected chi connectivity index (χ0v) is 12.4. The van der Waals surface area contributed by atoms with Crippen LogP contribution in [-0.2, 0) is 6.54 Å². The summed E-state index contributed by atoms with van der Waals surface area (Å²) in [5, 5.41) is 0. The molecule has 0 spiro atoms. The molecule has 0 saturated carbocycles. The van der Waals surface area contributed by atoms with E-state index in [0.29, 0.717) is 9.39 Å². The maximum absolute atomic E-state index is 11.5. The third-order valence-electron chi connectivity index (χ3n) is 2.64. The molecule has 0 atom stereocenters. The molecule has 0 aliphatic carbocycles. The van der Waals surface area contributed by atoms with E-state index < -0.39 is 0 Å². The zero-order chi connectivity index (χ0) is 13.1. The van der Waals surface area contributed by atoms with Gasteiger partial charge in [-0.1, -0.05) is 29.8 Å². The number of aryl methyl sites for hydroxylation is 1.